The Morgan fingerprint density at radius 3 is 2.74 bits per heavy atom. The van der Waals surface area contributed by atoms with E-state index in [4.69, 9.17) is 17.3 Å². The lowest BCUT2D eigenvalue weighted by Gasteiger charge is -2.31. The van der Waals surface area contributed by atoms with Gasteiger partial charge in [-0.1, -0.05) is 11.6 Å². The highest BCUT2D eigenvalue weighted by Gasteiger charge is 2.18. The Morgan fingerprint density at radius 1 is 1.26 bits per heavy atom. The molecule has 3 heterocycles. The third-order valence-corrected chi connectivity index (χ3v) is 3.63. The molecule has 0 saturated carbocycles. The molecule has 0 atom stereocenters. The number of aromatic nitrogens is 3. The van der Waals surface area contributed by atoms with Crippen LogP contribution < -0.4 is 10.6 Å². The van der Waals surface area contributed by atoms with E-state index in [0.29, 0.717) is 11.2 Å². The summed E-state index contributed by atoms with van der Waals surface area (Å²) < 4.78 is 1.92. The van der Waals surface area contributed by atoms with E-state index in [9.17, 15) is 0 Å². The molecule has 0 aromatic carbocycles. The topological polar surface area (TPSA) is 60.0 Å². The molecule has 0 aliphatic carbocycles. The highest BCUT2D eigenvalue weighted by atomic mass is 35.5. The van der Waals surface area contributed by atoms with Gasteiger partial charge in [-0.15, -0.1) is 0 Å². The molecular weight excluding hydrogens is 262 g/mol. The molecule has 3 rings (SSSR count). The van der Waals surface area contributed by atoms with Crippen LogP contribution in [0.3, 0.4) is 0 Å². The smallest absolute Gasteiger partial charge is 0.133 e. The summed E-state index contributed by atoms with van der Waals surface area (Å²) in [5.74, 6) is 0.906. The van der Waals surface area contributed by atoms with Crippen LogP contribution in [-0.4, -0.2) is 33.7 Å². The Kier molecular flexibility index (Phi) is 3.40. The highest BCUT2D eigenvalue weighted by Crippen LogP contribution is 2.23. The fourth-order valence-corrected chi connectivity index (χ4v) is 2.52. The number of anilines is 1. The Bertz CT molecular complexity index is 546. The van der Waals surface area contributed by atoms with Crippen LogP contribution in [0.2, 0.25) is 5.15 Å². The summed E-state index contributed by atoms with van der Waals surface area (Å²) in [7, 11) is 0. The van der Waals surface area contributed by atoms with Gasteiger partial charge < -0.3 is 15.2 Å². The summed E-state index contributed by atoms with van der Waals surface area (Å²) in [5.41, 5.74) is 6.90. The van der Waals surface area contributed by atoms with Crippen LogP contribution in [0, 0.1) is 0 Å². The Labute approximate surface area is 117 Å². The molecule has 5 nitrogen and oxygen atoms in total. The first-order chi connectivity index (χ1) is 9.22. The second-order valence-electron chi connectivity index (χ2n) is 4.80. The fraction of sp³-hybridized carbons (Fsp3) is 0.385. The third kappa shape index (κ3) is 2.72. The van der Waals surface area contributed by atoms with Gasteiger partial charge in [0.15, 0.2) is 0 Å². The van der Waals surface area contributed by atoms with Crippen LogP contribution in [0.25, 0.3) is 5.69 Å². The molecule has 0 radical (unpaired) electrons. The zero-order chi connectivity index (χ0) is 13.2. The van der Waals surface area contributed by atoms with Crippen molar-refractivity contribution in [2.75, 3.05) is 18.0 Å². The number of hydrogen-bond acceptors (Lipinski definition) is 4. The molecule has 1 fully saturated rings. The van der Waals surface area contributed by atoms with Crippen molar-refractivity contribution in [3.8, 4) is 5.69 Å². The maximum absolute atomic E-state index is 6.12. The number of imidazole rings is 1. The molecule has 19 heavy (non-hydrogen) atoms. The second kappa shape index (κ2) is 5.19. The van der Waals surface area contributed by atoms with Crippen LogP contribution in [0.1, 0.15) is 12.8 Å². The zero-order valence-corrected chi connectivity index (χ0v) is 11.3. The van der Waals surface area contributed by atoms with Gasteiger partial charge in [0.2, 0.25) is 0 Å². The molecule has 1 saturated heterocycles. The zero-order valence-electron chi connectivity index (χ0n) is 10.5. The summed E-state index contributed by atoms with van der Waals surface area (Å²) in [6.07, 6.45) is 7.38. The monoisotopic (exact) mass is 277 g/mol. The Balaban J connectivity index is 1.90. The van der Waals surface area contributed by atoms with Crippen LogP contribution in [0.5, 0.6) is 0 Å². The van der Waals surface area contributed by atoms with Crippen LogP contribution >= 0.6 is 11.6 Å². The van der Waals surface area contributed by atoms with Crippen molar-refractivity contribution in [2.45, 2.75) is 18.9 Å². The summed E-state index contributed by atoms with van der Waals surface area (Å²) in [6, 6.07) is 4.18. The van der Waals surface area contributed by atoms with Gasteiger partial charge >= 0.3 is 0 Å². The molecule has 1 aliphatic heterocycles. The first kappa shape index (κ1) is 12.4. The predicted octanol–water partition coefficient (Wildman–Crippen LogP) is 1.85. The van der Waals surface area contributed by atoms with E-state index in [1.165, 1.54) is 0 Å². The lowest BCUT2D eigenvalue weighted by molar-refractivity contribution is 0.498. The third-order valence-electron chi connectivity index (χ3n) is 3.43. The lowest BCUT2D eigenvalue weighted by Crippen LogP contribution is -2.40. The molecule has 2 aromatic heterocycles. The molecule has 2 aromatic rings. The lowest BCUT2D eigenvalue weighted by atomic mass is 10.1. The highest BCUT2D eigenvalue weighted by molar-refractivity contribution is 6.29. The minimum absolute atomic E-state index is 0.309. The molecule has 0 amide bonds. The second-order valence-corrected chi connectivity index (χ2v) is 5.19. The maximum atomic E-state index is 6.12. The number of piperidine rings is 1. The normalized spacial score (nSPS) is 16.8. The minimum atomic E-state index is 0.309. The molecular formula is C13H16ClN5. The van der Waals surface area contributed by atoms with Crippen molar-refractivity contribution < 1.29 is 0 Å². The van der Waals surface area contributed by atoms with Crippen molar-refractivity contribution in [2.24, 2.45) is 5.73 Å². The van der Waals surface area contributed by atoms with Crippen LogP contribution in [-0.2, 0) is 0 Å². The average Bonchev–Trinajstić information content (AvgIpc) is 2.93. The molecule has 0 unspecified atom stereocenters. The number of nitrogens with two attached hydrogens (primary N) is 1. The van der Waals surface area contributed by atoms with Crippen molar-refractivity contribution >= 4 is 17.4 Å². The van der Waals surface area contributed by atoms with E-state index in [0.717, 1.165) is 37.4 Å². The number of nitrogens with zero attached hydrogens (tertiary/aromatic N) is 4. The quantitative estimate of drug-likeness (QED) is 0.851. The molecule has 2 N–H and O–H groups in total. The first-order valence-electron chi connectivity index (χ1n) is 6.39. The van der Waals surface area contributed by atoms with E-state index in [-0.39, 0.29) is 0 Å². The average molecular weight is 278 g/mol. The summed E-state index contributed by atoms with van der Waals surface area (Å²) in [4.78, 5) is 10.7. The van der Waals surface area contributed by atoms with Gasteiger partial charge in [-0.2, -0.15) is 0 Å². The van der Waals surface area contributed by atoms with Crippen LogP contribution in [0.15, 0.2) is 30.9 Å². The summed E-state index contributed by atoms with van der Waals surface area (Å²) in [5, 5.41) is 0.496. The van der Waals surface area contributed by atoms with Crippen molar-refractivity contribution in [3.05, 3.63) is 36.0 Å². The van der Waals surface area contributed by atoms with Gasteiger partial charge in [0.05, 0.1) is 12.0 Å². The van der Waals surface area contributed by atoms with E-state index < -0.39 is 0 Å². The van der Waals surface area contributed by atoms with Crippen molar-refractivity contribution in [1.29, 1.82) is 0 Å². The Hall–Kier alpha value is -1.59. The van der Waals surface area contributed by atoms with Crippen molar-refractivity contribution in [1.82, 2.24) is 14.5 Å². The molecule has 1 aliphatic rings. The number of halogens is 1. The Morgan fingerprint density at radius 2 is 2.05 bits per heavy atom. The number of hydrogen-bond donors (Lipinski definition) is 1. The van der Waals surface area contributed by atoms with Gasteiger partial charge in [0, 0.05) is 37.6 Å². The largest absolute Gasteiger partial charge is 0.356 e. The summed E-state index contributed by atoms with van der Waals surface area (Å²) >= 11 is 6.12. The van der Waals surface area contributed by atoms with Gasteiger partial charge in [-0.05, 0) is 18.9 Å². The maximum Gasteiger partial charge on any atom is 0.133 e. The number of rotatable bonds is 2. The molecule has 6 heteroatoms. The molecule has 0 bridgehead atoms. The first-order valence-corrected chi connectivity index (χ1v) is 6.76. The van der Waals surface area contributed by atoms with Gasteiger partial charge in [0.25, 0.3) is 0 Å². The minimum Gasteiger partial charge on any atom is -0.356 e. The molecule has 100 valence electrons. The predicted molar refractivity (Wildman–Crippen MR) is 75.8 cm³/mol. The van der Waals surface area contributed by atoms with E-state index >= 15 is 0 Å². The van der Waals surface area contributed by atoms with E-state index in [2.05, 4.69) is 14.9 Å². The van der Waals surface area contributed by atoms with Gasteiger partial charge in [0.1, 0.15) is 11.0 Å². The SMILES string of the molecule is NC1CCN(c2cc(-n3ccnc3)cc(Cl)n2)CC1. The fourth-order valence-electron chi connectivity index (χ4n) is 2.32. The summed E-state index contributed by atoms with van der Waals surface area (Å²) in [6.45, 7) is 1.86. The van der Waals surface area contributed by atoms with Crippen LogP contribution in [0.4, 0.5) is 5.82 Å². The van der Waals surface area contributed by atoms with Crippen molar-refractivity contribution in [3.63, 3.8) is 0 Å². The number of pyridine rings is 1. The standard InChI is InChI=1S/C13H16ClN5/c14-12-7-11(19-6-3-16-9-19)8-13(17-12)18-4-1-10(15)2-5-18/h3,6-10H,1-2,4-5,15H2. The van der Waals surface area contributed by atoms with E-state index in [1.54, 1.807) is 12.5 Å². The van der Waals surface area contributed by atoms with Gasteiger partial charge in [-0.3, -0.25) is 0 Å². The van der Waals surface area contributed by atoms with Gasteiger partial charge in [-0.25, -0.2) is 9.97 Å². The molecule has 0 spiro atoms. The van der Waals surface area contributed by atoms with E-state index in [1.807, 2.05) is 22.9 Å².